The highest BCUT2D eigenvalue weighted by molar-refractivity contribution is 4.84. The summed E-state index contributed by atoms with van der Waals surface area (Å²) in [5, 5.41) is 19.9. The van der Waals surface area contributed by atoms with Crippen LogP contribution in [0.2, 0.25) is 0 Å². The number of rotatable bonds is 3. The first-order chi connectivity index (χ1) is 4.33. The van der Waals surface area contributed by atoms with Crippen LogP contribution in [-0.4, -0.2) is 17.4 Å². The van der Waals surface area contributed by atoms with Crippen LogP contribution in [0, 0.1) is 11.3 Å². The minimum atomic E-state index is -0.609. The molecule has 0 aromatic rings. The maximum atomic E-state index is 8.93. The van der Waals surface area contributed by atoms with Crippen molar-refractivity contribution < 1.29 is 5.11 Å². The molecule has 0 bridgehead atoms. The molecule has 1 fully saturated rings. The molecule has 0 aliphatic heterocycles. The molecule has 1 aliphatic rings. The van der Waals surface area contributed by atoms with Crippen LogP contribution in [0.25, 0.3) is 0 Å². The third kappa shape index (κ3) is 2.45. The second-order valence-corrected chi connectivity index (χ2v) is 2.32. The van der Waals surface area contributed by atoms with Gasteiger partial charge in [-0.2, -0.15) is 5.26 Å². The number of nitrogens with one attached hydrogen (secondary N) is 1. The number of hydrogen-bond acceptors (Lipinski definition) is 3. The van der Waals surface area contributed by atoms with Crippen molar-refractivity contribution in [3.8, 4) is 6.07 Å². The van der Waals surface area contributed by atoms with E-state index in [1.165, 1.54) is 0 Å². The van der Waals surface area contributed by atoms with Gasteiger partial charge >= 0.3 is 0 Å². The summed E-state index contributed by atoms with van der Waals surface area (Å²) in [6.07, 6.45) is 1.86. The van der Waals surface area contributed by atoms with E-state index in [0.717, 1.165) is 12.8 Å². The highest BCUT2D eigenvalue weighted by atomic mass is 16.3. The SMILES string of the molecule is N#CCC(O)NC1CC1. The second-order valence-electron chi connectivity index (χ2n) is 2.32. The fourth-order valence-electron chi connectivity index (χ4n) is 0.667. The fraction of sp³-hybridized carbons (Fsp3) is 0.833. The Labute approximate surface area is 54.3 Å². The predicted octanol–water partition coefficient (Wildman–Crippen LogP) is -0.0295. The molecule has 3 heteroatoms. The Kier molecular flexibility index (Phi) is 2.04. The van der Waals surface area contributed by atoms with Crippen molar-refractivity contribution in [3.05, 3.63) is 0 Å². The van der Waals surface area contributed by atoms with Gasteiger partial charge in [-0.3, -0.25) is 5.32 Å². The summed E-state index contributed by atoms with van der Waals surface area (Å²) in [6.45, 7) is 0. The molecular formula is C6H10N2O. The molecule has 9 heavy (non-hydrogen) atoms. The van der Waals surface area contributed by atoms with Gasteiger partial charge in [0.05, 0.1) is 12.5 Å². The average Bonchev–Trinajstić information content (AvgIpc) is 2.50. The van der Waals surface area contributed by atoms with Crippen molar-refractivity contribution in [3.63, 3.8) is 0 Å². The van der Waals surface area contributed by atoms with Gasteiger partial charge in [0.15, 0.2) is 0 Å². The summed E-state index contributed by atoms with van der Waals surface area (Å²) in [7, 11) is 0. The van der Waals surface area contributed by atoms with E-state index in [0.29, 0.717) is 6.04 Å². The molecule has 1 rings (SSSR count). The molecule has 50 valence electrons. The fourth-order valence-corrected chi connectivity index (χ4v) is 0.667. The van der Waals surface area contributed by atoms with Crippen LogP contribution in [-0.2, 0) is 0 Å². The maximum Gasteiger partial charge on any atom is 0.118 e. The summed E-state index contributed by atoms with van der Waals surface area (Å²) in [4.78, 5) is 0. The number of nitriles is 1. The third-order valence-corrected chi connectivity index (χ3v) is 1.29. The van der Waals surface area contributed by atoms with Crippen LogP contribution in [0.1, 0.15) is 19.3 Å². The Morgan fingerprint density at radius 3 is 2.89 bits per heavy atom. The number of aliphatic hydroxyl groups is 1. The van der Waals surface area contributed by atoms with Crippen molar-refractivity contribution in [1.82, 2.24) is 5.32 Å². The van der Waals surface area contributed by atoms with Gasteiger partial charge in [-0.05, 0) is 12.8 Å². The number of nitrogens with zero attached hydrogens (tertiary/aromatic N) is 1. The van der Waals surface area contributed by atoms with Gasteiger partial charge in [0.25, 0.3) is 0 Å². The van der Waals surface area contributed by atoms with Crippen LogP contribution < -0.4 is 5.32 Å². The van der Waals surface area contributed by atoms with E-state index in [9.17, 15) is 0 Å². The van der Waals surface area contributed by atoms with Crippen LogP contribution in [0.4, 0.5) is 0 Å². The van der Waals surface area contributed by atoms with Gasteiger partial charge in [0.1, 0.15) is 6.23 Å². The second kappa shape index (κ2) is 2.81. The smallest absolute Gasteiger partial charge is 0.118 e. The molecule has 0 aromatic carbocycles. The molecule has 0 heterocycles. The van der Waals surface area contributed by atoms with Gasteiger partial charge in [0.2, 0.25) is 0 Å². The van der Waals surface area contributed by atoms with Gasteiger partial charge in [-0.15, -0.1) is 0 Å². The van der Waals surface area contributed by atoms with Crippen molar-refractivity contribution in [2.45, 2.75) is 31.5 Å². The van der Waals surface area contributed by atoms with Gasteiger partial charge in [-0.1, -0.05) is 0 Å². The predicted molar refractivity (Wildman–Crippen MR) is 32.4 cm³/mol. The molecule has 1 aliphatic carbocycles. The summed E-state index contributed by atoms with van der Waals surface area (Å²) < 4.78 is 0. The standard InChI is InChI=1S/C6H10N2O/c7-4-3-6(9)8-5-1-2-5/h5-6,8-9H,1-3H2. The van der Waals surface area contributed by atoms with Crippen LogP contribution in [0.5, 0.6) is 0 Å². The Hall–Kier alpha value is -0.590. The molecular weight excluding hydrogens is 116 g/mol. The van der Waals surface area contributed by atoms with Gasteiger partial charge in [0, 0.05) is 6.04 Å². The largest absolute Gasteiger partial charge is 0.378 e. The Bertz CT molecular complexity index is 126. The summed E-state index contributed by atoms with van der Waals surface area (Å²) in [5.74, 6) is 0. The van der Waals surface area contributed by atoms with Gasteiger partial charge in [-0.25, -0.2) is 0 Å². The summed E-state index contributed by atoms with van der Waals surface area (Å²) in [5.41, 5.74) is 0. The number of aliphatic hydroxyl groups excluding tert-OH is 1. The minimum absolute atomic E-state index is 0.191. The molecule has 0 spiro atoms. The molecule has 1 unspecified atom stereocenters. The molecule has 0 aromatic heterocycles. The monoisotopic (exact) mass is 126 g/mol. The van der Waals surface area contributed by atoms with E-state index in [1.807, 2.05) is 6.07 Å². The zero-order chi connectivity index (χ0) is 6.69. The van der Waals surface area contributed by atoms with E-state index < -0.39 is 6.23 Å². The molecule has 0 amide bonds. The first-order valence-electron chi connectivity index (χ1n) is 3.14. The highest BCUT2D eigenvalue weighted by Crippen LogP contribution is 2.19. The van der Waals surface area contributed by atoms with E-state index in [4.69, 9.17) is 10.4 Å². The van der Waals surface area contributed by atoms with Crippen LogP contribution in [0.3, 0.4) is 0 Å². The molecule has 3 nitrogen and oxygen atoms in total. The zero-order valence-corrected chi connectivity index (χ0v) is 5.17. The van der Waals surface area contributed by atoms with Crippen molar-refractivity contribution >= 4 is 0 Å². The minimum Gasteiger partial charge on any atom is -0.378 e. The lowest BCUT2D eigenvalue weighted by atomic mass is 10.4. The maximum absolute atomic E-state index is 8.93. The molecule has 1 atom stereocenters. The molecule has 0 radical (unpaired) electrons. The Balaban J connectivity index is 2.03. The average molecular weight is 126 g/mol. The third-order valence-electron chi connectivity index (χ3n) is 1.29. The first kappa shape index (κ1) is 6.53. The van der Waals surface area contributed by atoms with E-state index in [1.54, 1.807) is 0 Å². The molecule has 0 saturated heterocycles. The normalized spacial score (nSPS) is 20.9. The van der Waals surface area contributed by atoms with Gasteiger partial charge < -0.3 is 5.11 Å². The van der Waals surface area contributed by atoms with E-state index >= 15 is 0 Å². The number of hydrogen-bond donors (Lipinski definition) is 2. The van der Waals surface area contributed by atoms with Crippen LogP contribution >= 0.6 is 0 Å². The van der Waals surface area contributed by atoms with E-state index in [-0.39, 0.29) is 6.42 Å². The lowest BCUT2D eigenvalue weighted by Gasteiger charge is -2.05. The zero-order valence-electron chi connectivity index (χ0n) is 5.17. The van der Waals surface area contributed by atoms with E-state index in [2.05, 4.69) is 5.32 Å². The van der Waals surface area contributed by atoms with Crippen molar-refractivity contribution in [2.24, 2.45) is 0 Å². The topological polar surface area (TPSA) is 56.0 Å². The summed E-state index contributed by atoms with van der Waals surface area (Å²) in [6, 6.07) is 2.37. The first-order valence-corrected chi connectivity index (χ1v) is 3.14. The highest BCUT2D eigenvalue weighted by Gasteiger charge is 2.22. The van der Waals surface area contributed by atoms with Crippen molar-refractivity contribution in [1.29, 1.82) is 5.26 Å². The van der Waals surface area contributed by atoms with Crippen molar-refractivity contribution in [2.75, 3.05) is 0 Å². The lowest BCUT2D eigenvalue weighted by molar-refractivity contribution is 0.140. The Morgan fingerprint density at radius 1 is 1.78 bits per heavy atom. The lowest BCUT2D eigenvalue weighted by Crippen LogP contribution is -2.29. The quantitative estimate of drug-likeness (QED) is 0.522. The van der Waals surface area contributed by atoms with Crippen LogP contribution in [0.15, 0.2) is 0 Å². The molecule has 1 saturated carbocycles. The molecule has 2 N–H and O–H groups in total. The summed E-state index contributed by atoms with van der Waals surface area (Å²) >= 11 is 0. The Morgan fingerprint density at radius 2 is 2.44 bits per heavy atom.